The number of non-ortho nitro benzene ring substituents is 1. The first-order chi connectivity index (χ1) is 17.4. The van der Waals surface area contributed by atoms with Crippen molar-refractivity contribution in [1.82, 2.24) is 0 Å². The van der Waals surface area contributed by atoms with Gasteiger partial charge in [-0.05, 0) is 42.5 Å². The molecule has 1 N–H and O–H groups in total. The second-order valence-electron chi connectivity index (χ2n) is 7.61. The number of hydrogen-bond acceptors (Lipinski definition) is 10. The third-order valence-electron chi connectivity index (χ3n) is 5.12. The van der Waals surface area contributed by atoms with Crippen molar-refractivity contribution < 1.29 is 40.3 Å². The smallest absolute Gasteiger partial charge is 0.340 e. The van der Waals surface area contributed by atoms with Gasteiger partial charge in [-0.25, -0.2) is 18.0 Å². The lowest BCUT2D eigenvalue weighted by Crippen LogP contribution is -2.15. The number of hydrogen-bond donors (Lipinski definition) is 1. The summed E-state index contributed by atoms with van der Waals surface area (Å²) >= 11 is 0. The molecule has 3 aromatic carbocycles. The fourth-order valence-corrected chi connectivity index (χ4v) is 5.63. The number of carbonyl (C=O) groups is 1. The van der Waals surface area contributed by atoms with Crippen molar-refractivity contribution in [3.05, 3.63) is 104 Å². The highest BCUT2D eigenvalue weighted by atomic mass is 32.2. The molecule has 12 nitrogen and oxygen atoms in total. The van der Waals surface area contributed by atoms with E-state index in [0.717, 1.165) is 42.5 Å². The Balaban J connectivity index is 1.68. The highest BCUT2D eigenvalue weighted by molar-refractivity contribution is 7.90. The van der Waals surface area contributed by atoms with Gasteiger partial charge >= 0.3 is 21.7 Å². The maximum Gasteiger partial charge on any atom is 0.340 e. The van der Waals surface area contributed by atoms with Crippen LogP contribution in [0.1, 0.15) is 15.9 Å². The summed E-state index contributed by atoms with van der Waals surface area (Å²) in [5.74, 6) is -2.43. The Hall–Kier alpha value is -4.56. The molecule has 0 saturated carbocycles. The van der Waals surface area contributed by atoms with Gasteiger partial charge in [-0.1, -0.05) is 18.2 Å². The van der Waals surface area contributed by atoms with Gasteiger partial charge in [0, 0.05) is 17.5 Å². The summed E-state index contributed by atoms with van der Waals surface area (Å²) in [5.41, 5.74) is -2.21. The minimum Gasteiger partial charge on any atom is -0.478 e. The zero-order valence-corrected chi connectivity index (χ0v) is 20.1. The average molecular weight is 546 g/mol. The summed E-state index contributed by atoms with van der Waals surface area (Å²) in [6.45, 7) is 0. The molecule has 4 rings (SSSR count). The Labute approximate surface area is 208 Å². The van der Waals surface area contributed by atoms with E-state index in [4.69, 9.17) is 13.7 Å². The highest BCUT2D eigenvalue weighted by Crippen LogP contribution is 2.29. The van der Waals surface area contributed by atoms with Gasteiger partial charge in [0.2, 0.25) is 0 Å². The van der Waals surface area contributed by atoms with E-state index in [0.29, 0.717) is 0 Å². The fourth-order valence-electron chi connectivity index (χ4n) is 3.34. The van der Waals surface area contributed by atoms with Crippen molar-refractivity contribution in [2.75, 3.05) is 0 Å². The summed E-state index contributed by atoms with van der Waals surface area (Å²) in [6.07, 6.45) is 0. The van der Waals surface area contributed by atoms with Crippen LogP contribution in [0.2, 0.25) is 0 Å². The molecular formula is C23H15NO11S2. The topological polar surface area (TPSA) is 188 Å². The van der Waals surface area contributed by atoms with Gasteiger partial charge in [0.15, 0.2) is 21.2 Å². The molecule has 0 aliphatic carbocycles. The van der Waals surface area contributed by atoms with Gasteiger partial charge in [0.1, 0.15) is 4.90 Å². The van der Waals surface area contributed by atoms with E-state index in [-0.39, 0.29) is 37.6 Å². The number of nitro benzene ring substituents is 1. The number of carboxylic acid groups (broad SMARTS) is 1. The lowest BCUT2D eigenvalue weighted by atomic mass is 10.2. The van der Waals surface area contributed by atoms with Crippen LogP contribution in [-0.4, -0.2) is 32.8 Å². The molecule has 0 saturated heterocycles. The predicted molar refractivity (Wildman–Crippen MR) is 128 cm³/mol. The number of carboxylic acids is 1. The van der Waals surface area contributed by atoms with Crippen molar-refractivity contribution in [2.24, 2.45) is 0 Å². The standard InChI is InChI=1S/C23H15NO11S2/c25-22(26)14-7-9-18(10-8-14)37(32,33)35-20-6-1-3-15-11-16(23(27)34-21(15)20)13-36(30,31)19-5-2-4-17(12-19)24(28)29/h1-12H,13H2,(H,25,26). The third-order valence-corrected chi connectivity index (χ3v) is 8.03. The fraction of sp³-hybridized carbons (Fsp3) is 0.0435. The predicted octanol–water partition coefficient (Wildman–Crippen LogP) is 3.14. The molecule has 1 aromatic heterocycles. The molecule has 37 heavy (non-hydrogen) atoms. The molecule has 0 atom stereocenters. The zero-order chi connectivity index (χ0) is 27.0. The molecule has 14 heteroatoms. The van der Waals surface area contributed by atoms with E-state index < -0.39 is 47.9 Å². The number of nitrogens with zero attached hydrogens (tertiary/aromatic N) is 1. The van der Waals surface area contributed by atoms with Gasteiger partial charge in [0.05, 0.1) is 26.7 Å². The van der Waals surface area contributed by atoms with Crippen LogP contribution in [0.15, 0.2) is 91.8 Å². The van der Waals surface area contributed by atoms with Crippen LogP contribution in [0.5, 0.6) is 5.75 Å². The van der Waals surface area contributed by atoms with E-state index in [9.17, 15) is 36.5 Å². The molecule has 0 aliphatic rings. The molecule has 0 amide bonds. The van der Waals surface area contributed by atoms with Crippen molar-refractivity contribution in [3.8, 4) is 5.75 Å². The van der Waals surface area contributed by atoms with Crippen LogP contribution in [0.3, 0.4) is 0 Å². The molecule has 4 aromatic rings. The first-order valence-corrected chi connectivity index (χ1v) is 13.2. The Morgan fingerprint density at radius 1 is 0.946 bits per heavy atom. The second kappa shape index (κ2) is 9.48. The SMILES string of the molecule is O=C(O)c1ccc(S(=O)(=O)Oc2cccc3cc(CS(=O)(=O)c4cccc([N+](=O)[O-])c4)c(=O)oc23)cc1. The molecule has 0 fully saturated rings. The second-order valence-corrected chi connectivity index (χ2v) is 11.2. The van der Waals surface area contributed by atoms with Gasteiger partial charge in [0.25, 0.3) is 5.69 Å². The zero-order valence-electron chi connectivity index (χ0n) is 18.4. The van der Waals surface area contributed by atoms with E-state index in [1.807, 2.05) is 0 Å². The first kappa shape index (κ1) is 25.5. The maximum atomic E-state index is 12.8. The van der Waals surface area contributed by atoms with Gasteiger partial charge < -0.3 is 13.7 Å². The lowest BCUT2D eigenvalue weighted by Gasteiger charge is -2.10. The first-order valence-electron chi connectivity index (χ1n) is 10.2. The Morgan fingerprint density at radius 3 is 2.27 bits per heavy atom. The summed E-state index contributed by atoms with van der Waals surface area (Å²) in [6, 6.07) is 13.8. The molecule has 0 radical (unpaired) electrons. The normalized spacial score (nSPS) is 11.8. The van der Waals surface area contributed by atoms with Crippen LogP contribution in [0.25, 0.3) is 11.0 Å². The molecule has 190 valence electrons. The molecule has 0 bridgehead atoms. The van der Waals surface area contributed by atoms with E-state index in [1.54, 1.807) is 0 Å². The number of fused-ring (bicyclic) bond motifs is 1. The largest absolute Gasteiger partial charge is 0.478 e. The number of nitro groups is 1. The average Bonchev–Trinajstić information content (AvgIpc) is 2.85. The molecule has 0 aliphatic heterocycles. The molecule has 0 spiro atoms. The van der Waals surface area contributed by atoms with Crippen LogP contribution in [-0.2, 0) is 25.7 Å². The third kappa shape index (κ3) is 5.34. The number of rotatable bonds is 8. The van der Waals surface area contributed by atoms with Crippen LogP contribution >= 0.6 is 0 Å². The highest BCUT2D eigenvalue weighted by Gasteiger charge is 2.23. The van der Waals surface area contributed by atoms with E-state index in [2.05, 4.69) is 0 Å². The van der Waals surface area contributed by atoms with E-state index >= 15 is 0 Å². The van der Waals surface area contributed by atoms with Gasteiger partial charge in [-0.15, -0.1) is 0 Å². The quantitative estimate of drug-likeness (QED) is 0.148. The lowest BCUT2D eigenvalue weighted by molar-refractivity contribution is -0.385. The van der Waals surface area contributed by atoms with Gasteiger partial charge in [-0.3, -0.25) is 10.1 Å². The summed E-state index contributed by atoms with van der Waals surface area (Å²) in [7, 11) is -8.63. The van der Waals surface area contributed by atoms with Gasteiger partial charge in [-0.2, -0.15) is 8.42 Å². The molecule has 1 heterocycles. The van der Waals surface area contributed by atoms with Crippen LogP contribution < -0.4 is 9.81 Å². The summed E-state index contributed by atoms with van der Waals surface area (Å²) < 4.78 is 61.3. The number of para-hydroxylation sites is 1. The minimum atomic E-state index is -4.45. The van der Waals surface area contributed by atoms with Crippen LogP contribution in [0, 0.1) is 10.1 Å². The monoisotopic (exact) mass is 545 g/mol. The van der Waals surface area contributed by atoms with E-state index in [1.165, 1.54) is 30.3 Å². The Morgan fingerprint density at radius 2 is 1.62 bits per heavy atom. The van der Waals surface area contributed by atoms with Crippen molar-refractivity contribution >= 4 is 42.6 Å². The minimum absolute atomic E-state index is 0.136. The Kier molecular flexibility index (Phi) is 6.54. The maximum absolute atomic E-state index is 12.8. The number of aromatic carboxylic acids is 1. The summed E-state index contributed by atoms with van der Waals surface area (Å²) in [4.78, 5) is 33.1. The van der Waals surface area contributed by atoms with Crippen molar-refractivity contribution in [3.63, 3.8) is 0 Å². The van der Waals surface area contributed by atoms with Crippen LogP contribution in [0.4, 0.5) is 5.69 Å². The summed E-state index contributed by atoms with van der Waals surface area (Å²) in [5, 5.41) is 20.1. The van der Waals surface area contributed by atoms with Crippen molar-refractivity contribution in [2.45, 2.75) is 15.5 Å². The van der Waals surface area contributed by atoms with Crippen molar-refractivity contribution in [1.29, 1.82) is 0 Å². The molecular weight excluding hydrogens is 530 g/mol. The number of sulfone groups is 1. The number of benzene rings is 3. The molecule has 0 unspecified atom stereocenters. The Bertz CT molecular complexity index is 1830.